The summed E-state index contributed by atoms with van der Waals surface area (Å²) in [6.07, 6.45) is 0. The first-order valence-corrected chi connectivity index (χ1v) is 18.1. The van der Waals surface area contributed by atoms with Gasteiger partial charge in [0, 0.05) is 38.6 Å². The maximum Gasteiger partial charge on any atom is 0.0717 e. The van der Waals surface area contributed by atoms with E-state index < -0.39 is 0 Å². The number of hydrogen-bond donors (Lipinski definition) is 0. The number of fused-ring (bicyclic) bond motifs is 6. The molecule has 248 valence electrons. The highest BCUT2D eigenvalue weighted by molar-refractivity contribution is 6.31. The highest BCUT2D eigenvalue weighted by Gasteiger charge is 2.37. The van der Waals surface area contributed by atoms with Crippen molar-refractivity contribution >= 4 is 45.7 Å². The molecule has 0 saturated carbocycles. The zero-order valence-corrected chi connectivity index (χ0v) is 30.1. The summed E-state index contributed by atoms with van der Waals surface area (Å²) < 4.78 is 0. The first-order valence-electron chi connectivity index (χ1n) is 17.7. The molecule has 9 rings (SSSR count). The molecule has 51 heavy (non-hydrogen) atoms. The Morgan fingerprint density at radius 2 is 0.765 bits per heavy atom. The second kappa shape index (κ2) is 11.8. The van der Waals surface area contributed by atoms with E-state index in [4.69, 9.17) is 11.6 Å². The first-order chi connectivity index (χ1) is 24.7. The van der Waals surface area contributed by atoms with Crippen LogP contribution in [0.5, 0.6) is 0 Å². The van der Waals surface area contributed by atoms with Crippen molar-refractivity contribution in [2.24, 2.45) is 0 Å². The number of rotatable bonds is 6. The Morgan fingerprint density at radius 3 is 1.25 bits per heavy atom. The van der Waals surface area contributed by atoms with Gasteiger partial charge in [0.2, 0.25) is 0 Å². The van der Waals surface area contributed by atoms with Crippen LogP contribution < -0.4 is 9.80 Å². The Bertz CT molecular complexity index is 2440. The molecule has 0 bridgehead atoms. The van der Waals surface area contributed by atoms with Crippen LogP contribution in [0.15, 0.2) is 164 Å². The molecular weight excluding hydrogens is 640 g/mol. The molecule has 0 aliphatic heterocycles. The van der Waals surface area contributed by atoms with E-state index >= 15 is 0 Å². The van der Waals surface area contributed by atoms with Crippen molar-refractivity contribution in [3.8, 4) is 22.3 Å². The Labute approximate surface area is 306 Å². The van der Waals surface area contributed by atoms with E-state index in [1.807, 2.05) is 6.07 Å². The topological polar surface area (TPSA) is 6.48 Å². The second-order valence-corrected chi connectivity index (χ2v) is 15.2. The van der Waals surface area contributed by atoms with Crippen LogP contribution in [0.4, 0.5) is 34.1 Å². The molecule has 0 heterocycles. The van der Waals surface area contributed by atoms with Gasteiger partial charge in [-0.05, 0) is 111 Å². The molecule has 2 aliphatic rings. The summed E-state index contributed by atoms with van der Waals surface area (Å²) >= 11 is 6.95. The lowest BCUT2D eigenvalue weighted by Gasteiger charge is -2.34. The normalized spacial score (nSPS) is 14.3. The van der Waals surface area contributed by atoms with Crippen molar-refractivity contribution in [2.75, 3.05) is 9.80 Å². The fourth-order valence-corrected chi connectivity index (χ4v) is 8.70. The molecule has 0 fully saturated rings. The molecule has 3 heteroatoms. The van der Waals surface area contributed by atoms with Crippen molar-refractivity contribution in [3.63, 3.8) is 0 Å². The van der Waals surface area contributed by atoms with Gasteiger partial charge in [-0.25, -0.2) is 0 Å². The quantitative estimate of drug-likeness (QED) is 0.173. The Balaban J connectivity index is 1.26. The van der Waals surface area contributed by atoms with Gasteiger partial charge in [-0.3, -0.25) is 0 Å². The monoisotopic (exact) mass is 678 g/mol. The van der Waals surface area contributed by atoms with Gasteiger partial charge in [0.1, 0.15) is 0 Å². The fourth-order valence-electron chi connectivity index (χ4n) is 8.54. The van der Waals surface area contributed by atoms with Gasteiger partial charge in [0.25, 0.3) is 0 Å². The lowest BCUT2D eigenvalue weighted by Crippen LogP contribution is -2.19. The zero-order chi connectivity index (χ0) is 34.9. The van der Waals surface area contributed by atoms with Crippen LogP contribution in [-0.4, -0.2) is 0 Å². The third-order valence-corrected chi connectivity index (χ3v) is 11.3. The number of anilines is 6. The predicted octanol–water partition coefficient (Wildman–Crippen LogP) is 13.9. The summed E-state index contributed by atoms with van der Waals surface area (Å²) in [5.41, 5.74) is 16.7. The lowest BCUT2D eigenvalue weighted by molar-refractivity contribution is 0.660. The zero-order valence-electron chi connectivity index (χ0n) is 29.4. The van der Waals surface area contributed by atoms with E-state index in [1.165, 1.54) is 44.5 Å². The maximum absolute atomic E-state index is 6.95. The molecule has 2 aliphatic carbocycles. The van der Waals surface area contributed by atoms with E-state index in [0.29, 0.717) is 5.02 Å². The largest absolute Gasteiger partial charge is 0.308 e. The number of halogens is 1. The summed E-state index contributed by atoms with van der Waals surface area (Å²) in [4.78, 5) is 4.75. The average Bonchev–Trinajstić information content (AvgIpc) is 3.53. The molecule has 0 spiro atoms. The van der Waals surface area contributed by atoms with Crippen molar-refractivity contribution < 1.29 is 0 Å². The number of nitrogens with zero attached hydrogens (tertiary/aromatic N) is 2. The van der Waals surface area contributed by atoms with Crippen LogP contribution in [0.25, 0.3) is 22.3 Å². The highest BCUT2D eigenvalue weighted by Crippen LogP contribution is 2.54. The van der Waals surface area contributed by atoms with Crippen molar-refractivity contribution in [3.05, 3.63) is 191 Å². The van der Waals surface area contributed by atoms with E-state index in [2.05, 4.69) is 195 Å². The average molecular weight is 679 g/mol. The molecule has 0 radical (unpaired) electrons. The minimum atomic E-state index is -0.133. The van der Waals surface area contributed by atoms with Crippen molar-refractivity contribution in [1.29, 1.82) is 0 Å². The molecule has 2 nitrogen and oxygen atoms in total. The smallest absolute Gasteiger partial charge is 0.0717 e. The minimum Gasteiger partial charge on any atom is -0.308 e. The standard InChI is InChI=1S/C48H39ClN2/c1-47(2)41-21-13-11-19-37(41)39-26-24-35(30-43(39)47)50(33-15-7-5-8-16-33)45-28-23-32(49)29-46(45)51(34-17-9-6-10-18-34)36-25-27-40-38-20-12-14-22-42(38)48(3,4)44(40)31-36/h5-31H,1-4H3. The maximum atomic E-state index is 6.95. The van der Waals surface area contributed by atoms with Crippen molar-refractivity contribution in [2.45, 2.75) is 38.5 Å². The third-order valence-electron chi connectivity index (χ3n) is 11.1. The highest BCUT2D eigenvalue weighted by atomic mass is 35.5. The van der Waals surface area contributed by atoms with Crippen LogP contribution >= 0.6 is 11.6 Å². The summed E-state index contributed by atoms with van der Waals surface area (Å²) in [7, 11) is 0. The Kier molecular flexibility index (Phi) is 7.24. The number of benzene rings is 7. The molecule has 0 aromatic heterocycles. The van der Waals surface area contributed by atoms with E-state index in [0.717, 1.165) is 34.1 Å². The van der Waals surface area contributed by atoms with Gasteiger partial charge in [-0.1, -0.05) is 136 Å². The Hall–Kier alpha value is -5.57. The molecule has 0 N–H and O–H groups in total. The number of para-hydroxylation sites is 2. The first kappa shape index (κ1) is 31.4. The molecule has 0 atom stereocenters. The van der Waals surface area contributed by atoms with E-state index in [1.54, 1.807) is 0 Å². The summed E-state index contributed by atoms with van der Waals surface area (Å²) in [6.45, 7) is 9.35. The number of hydrogen-bond acceptors (Lipinski definition) is 2. The van der Waals surface area contributed by atoms with Crippen LogP contribution in [-0.2, 0) is 10.8 Å². The Morgan fingerprint density at radius 1 is 0.353 bits per heavy atom. The molecule has 7 aromatic rings. The van der Waals surface area contributed by atoms with Crippen LogP contribution in [0, 0.1) is 0 Å². The predicted molar refractivity (Wildman–Crippen MR) is 216 cm³/mol. The summed E-state index contributed by atoms with van der Waals surface area (Å²) in [5.74, 6) is 0. The molecule has 0 unspecified atom stereocenters. The van der Waals surface area contributed by atoms with E-state index in [9.17, 15) is 0 Å². The molecule has 7 aromatic carbocycles. The van der Waals surface area contributed by atoms with E-state index in [-0.39, 0.29) is 10.8 Å². The van der Waals surface area contributed by atoms with Gasteiger partial charge >= 0.3 is 0 Å². The summed E-state index contributed by atoms with van der Waals surface area (Å²) in [6, 6.07) is 59.2. The van der Waals surface area contributed by atoms with Crippen LogP contribution in [0.2, 0.25) is 5.02 Å². The molecule has 0 amide bonds. The van der Waals surface area contributed by atoms with Crippen LogP contribution in [0.3, 0.4) is 0 Å². The van der Waals surface area contributed by atoms with Crippen LogP contribution in [0.1, 0.15) is 49.9 Å². The van der Waals surface area contributed by atoms with Gasteiger partial charge in [0.05, 0.1) is 11.4 Å². The van der Waals surface area contributed by atoms with Gasteiger partial charge in [-0.15, -0.1) is 0 Å². The van der Waals surface area contributed by atoms with Gasteiger partial charge in [0.15, 0.2) is 0 Å². The molecule has 0 saturated heterocycles. The van der Waals surface area contributed by atoms with Gasteiger partial charge < -0.3 is 9.80 Å². The fraction of sp³-hybridized carbons (Fsp3) is 0.125. The molecular formula is C48H39ClN2. The minimum absolute atomic E-state index is 0.127. The third kappa shape index (κ3) is 4.93. The second-order valence-electron chi connectivity index (χ2n) is 14.8. The van der Waals surface area contributed by atoms with Gasteiger partial charge in [-0.2, -0.15) is 0 Å². The van der Waals surface area contributed by atoms with Crippen molar-refractivity contribution in [1.82, 2.24) is 0 Å². The lowest BCUT2D eigenvalue weighted by atomic mass is 9.82. The summed E-state index contributed by atoms with van der Waals surface area (Å²) in [5, 5.41) is 0.683. The SMILES string of the molecule is CC1(C)c2ccccc2-c2ccc(N(c3ccccc3)c3ccc(Cl)cc3N(c3ccccc3)c3ccc4c(c3)C(C)(C)c3ccccc3-4)cc21.